The molecule has 3 heteroatoms. The molecule has 1 aliphatic heterocycles. The lowest BCUT2D eigenvalue weighted by Gasteiger charge is -2.49. The summed E-state index contributed by atoms with van der Waals surface area (Å²) in [5, 5.41) is 0. The Morgan fingerprint density at radius 3 is 2.60 bits per heavy atom. The van der Waals surface area contributed by atoms with Gasteiger partial charge in [0.1, 0.15) is 5.60 Å². The number of rotatable bonds is 4. The molecule has 0 amide bonds. The van der Waals surface area contributed by atoms with Crippen molar-refractivity contribution in [3.05, 3.63) is 0 Å². The maximum absolute atomic E-state index is 11.9. The van der Waals surface area contributed by atoms with Gasteiger partial charge in [-0.25, -0.2) is 0 Å². The molecule has 84 valence electrons. The summed E-state index contributed by atoms with van der Waals surface area (Å²) in [6.45, 7) is 4.03. The molecule has 0 spiro atoms. The Hall–Kier alpha value is -0.860. The van der Waals surface area contributed by atoms with Crippen molar-refractivity contribution in [2.24, 2.45) is 5.41 Å². The molecule has 0 radical (unpaired) electrons. The van der Waals surface area contributed by atoms with Gasteiger partial charge in [0.15, 0.2) is 11.2 Å². The van der Waals surface area contributed by atoms with Crippen LogP contribution in [-0.4, -0.2) is 17.4 Å². The number of carbonyl (C=O) groups is 2. The molecule has 2 atom stereocenters. The maximum Gasteiger partial charge on any atom is 0.324 e. The van der Waals surface area contributed by atoms with E-state index in [1.54, 1.807) is 0 Å². The summed E-state index contributed by atoms with van der Waals surface area (Å²) < 4.78 is 5.20. The summed E-state index contributed by atoms with van der Waals surface area (Å²) in [4.78, 5) is 23.5. The largest absolute Gasteiger partial charge is 0.457 e. The first-order valence-electron chi connectivity index (χ1n) is 5.83. The van der Waals surface area contributed by atoms with E-state index in [0.717, 1.165) is 19.3 Å². The highest BCUT2D eigenvalue weighted by molar-refractivity contribution is 6.11. The molecule has 2 rings (SSSR count). The smallest absolute Gasteiger partial charge is 0.324 e. The zero-order chi connectivity index (χ0) is 11.1. The van der Waals surface area contributed by atoms with Crippen LogP contribution in [0, 0.1) is 5.41 Å². The van der Waals surface area contributed by atoms with Gasteiger partial charge in [-0.05, 0) is 19.8 Å². The van der Waals surface area contributed by atoms with Crippen LogP contribution in [0.2, 0.25) is 0 Å². The third kappa shape index (κ3) is 1.18. The van der Waals surface area contributed by atoms with Gasteiger partial charge in [-0.3, -0.25) is 9.59 Å². The average molecular weight is 210 g/mol. The lowest BCUT2D eigenvalue weighted by atomic mass is 9.66. The fraction of sp³-hybridized carbons (Fsp3) is 0.833. The first kappa shape index (κ1) is 10.7. The second-order valence-electron chi connectivity index (χ2n) is 4.91. The fourth-order valence-corrected chi connectivity index (χ4v) is 2.93. The van der Waals surface area contributed by atoms with Crippen molar-refractivity contribution in [3.8, 4) is 0 Å². The lowest BCUT2D eigenvalue weighted by molar-refractivity contribution is -0.227. The molecular formula is C12H18O3. The molecule has 1 heterocycles. The number of ether oxygens (including phenoxy) is 1. The van der Waals surface area contributed by atoms with Gasteiger partial charge in [0.05, 0.1) is 0 Å². The summed E-state index contributed by atoms with van der Waals surface area (Å²) >= 11 is 0. The Morgan fingerprint density at radius 2 is 2.07 bits per heavy atom. The van der Waals surface area contributed by atoms with Crippen molar-refractivity contribution in [3.63, 3.8) is 0 Å². The highest BCUT2D eigenvalue weighted by Crippen LogP contribution is 2.57. The van der Waals surface area contributed by atoms with Crippen LogP contribution in [-0.2, 0) is 14.3 Å². The zero-order valence-electron chi connectivity index (χ0n) is 9.47. The SMILES string of the molecule is CCCCC[C@]12C(=O)CC[C@@]1(C)OC2=O. The molecule has 0 unspecified atom stereocenters. The van der Waals surface area contributed by atoms with E-state index in [-0.39, 0.29) is 11.8 Å². The summed E-state index contributed by atoms with van der Waals surface area (Å²) in [5.41, 5.74) is -1.24. The van der Waals surface area contributed by atoms with Crippen LogP contribution in [0.3, 0.4) is 0 Å². The van der Waals surface area contributed by atoms with Crippen molar-refractivity contribution in [2.75, 3.05) is 0 Å². The fourth-order valence-electron chi connectivity index (χ4n) is 2.93. The first-order valence-corrected chi connectivity index (χ1v) is 5.83. The van der Waals surface area contributed by atoms with Crippen LogP contribution in [0.4, 0.5) is 0 Å². The summed E-state index contributed by atoms with van der Waals surface area (Å²) in [5.74, 6) is -0.166. The van der Waals surface area contributed by atoms with E-state index >= 15 is 0 Å². The Bertz CT molecular complexity index is 310. The molecule has 0 aromatic rings. The predicted molar refractivity (Wildman–Crippen MR) is 55.3 cm³/mol. The van der Waals surface area contributed by atoms with Crippen molar-refractivity contribution >= 4 is 11.8 Å². The van der Waals surface area contributed by atoms with E-state index in [2.05, 4.69) is 6.92 Å². The zero-order valence-corrected chi connectivity index (χ0v) is 9.47. The Balaban J connectivity index is 2.14. The van der Waals surface area contributed by atoms with Crippen LogP contribution in [0.25, 0.3) is 0 Å². The van der Waals surface area contributed by atoms with Crippen molar-refractivity contribution in [2.45, 2.75) is 58.0 Å². The van der Waals surface area contributed by atoms with Gasteiger partial charge < -0.3 is 4.74 Å². The number of hydrogen-bond donors (Lipinski definition) is 0. The van der Waals surface area contributed by atoms with E-state index < -0.39 is 11.0 Å². The molecule has 2 fully saturated rings. The van der Waals surface area contributed by atoms with Crippen molar-refractivity contribution < 1.29 is 14.3 Å². The monoisotopic (exact) mass is 210 g/mol. The predicted octanol–water partition coefficient (Wildman–Crippen LogP) is 2.23. The van der Waals surface area contributed by atoms with Crippen LogP contribution >= 0.6 is 0 Å². The number of unbranched alkanes of at least 4 members (excludes halogenated alkanes) is 2. The number of esters is 1. The van der Waals surface area contributed by atoms with E-state index in [1.807, 2.05) is 6.92 Å². The van der Waals surface area contributed by atoms with Gasteiger partial charge in [0.2, 0.25) is 0 Å². The topological polar surface area (TPSA) is 43.4 Å². The minimum Gasteiger partial charge on any atom is -0.457 e. The van der Waals surface area contributed by atoms with Gasteiger partial charge in [-0.1, -0.05) is 26.2 Å². The average Bonchev–Trinajstić information content (AvgIpc) is 2.38. The third-order valence-corrected chi connectivity index (χ3v) is 4.03. The van der Waals surface area contributed by atoms with Crippen LogP contribution in [0.1, 0.15) is 52.4 Å². The van der Waals surface area contributed by atoms with E-state index in [4.69, 9.17) is 4.74 Å². The number of hydrogen-bond acceptors (Lipinski definition) is 3. The Labute approximate surface area is 90.2 Å². The molecular weight excluding hydrogens is 192 g/mol. The minimum absolute atomic E-state index is 0.109. The molecule has 1 saturated carbocycles. The molecule has 0 aromatic heterocycles. The van der Waals surface area contributed by atoms with Crippen LogP contribution in [0.15, 0.2) is 0 Å². The first-order chi connectivity index (χ1) is 7.07. The minimum atomic E-state index is -0.762. The second kappa shape index (κ2) is 3.32. The Morgan fingerprint density at radius 1 is 1.33 bits per heavy atom. The van der Waals surface area contributed by atoms with E-state index in [9.17, 15) is 9.59 Å². The standard InChI is InChI=1S/C12H18O3/c1-3-4-5-7-12-9(13)6-8-11(12,2)15-10(12)14/h3-8H2,1-2H3/t11-,12-/m1/s1. The van der Waals surface area contributed by atoms with Crippen molar-refractivity contribution in [1.29, 1.82) is 0 Å². The van der Waals surface area contributed by atoms with Crippen molar-refractivity contribution in [1.82, 2.24) is 0 Å². The quantitative estimate of drug-likeness (QED) is 0.406. The van der Waals surface area contributed by atoms with E-state index in [1.165, 1.54) is 0 Å². The van der Waals surface area contributed by atoms with Gasteiger partial charge in [0, 0.05) is 6.42 Å². The number of ketones is 1. The molecule has 1 aliphatic carbocycles. The molecule has 0 aromatic carbocycles. The highest BCUT2D eigenvalue weighted by Gasteiger charge is 2.72. The number of carbonyl (C=O) groups excluding carboxylic acids is 2. The number of Topliss-reactive ketones (excluding diaryl/α,β-unsaturated/α-hetero) is 1. The molecule has 0 bridgehead atoms. The Kier molecular flexibility index (Phi) is 2.36. The summed E-state index contributed by atoms with van der Waals surface area (Å²) in [7, 11) is 0. The van der Waals surface area contributed by atoms with Gasteiger partial charge in [-0.2, -0.15) is 0 Å². The summed E-state index contributed by atoms with van der Waals surface area (Å²) in [6.07, 6.45) is 5.05. The van der Waals surface area contributed by atoms with Crippen LogP contribution in [0.5, 0.6) is 0 Å². The third-order valence-electron chi connectivity index (χ3n) is 4.03. The second-order valence-corrected chi connectivity index (χ2v) is 4.91. The van der Waals surface area contributed by atoms with E-state index in [0.29, 0.717) is 19.3 Å². The van der Waals surface area contributed by atoms with Crippen LogP contribution < -0.4 is 0 Å². The summed E-state index contributed by atoms with van der Waals surface area (Å²) in [6, 6.07) is 0. The molecule has 2 aliphatic rings. The lowest BCUT2D eigenvalue weighted by Crippen LogP contribution is -2.64. The number of fused-ring (bicyclic) bond motifs is 1. The van der Waals surface area contributed by atoms with Gasteiger partial charge >= 0.3 is 5.97 Å². The normalized spacial score (nSPS) is 38.5. The molecule has 0 N–H and O–H groups in total. The molecule has 15 heavy (non-hydrogen) atoms. The molecule has 1 saturated heterocycles. The highest BCUT2D eigenvalue weighted by atomic mass is 16.6. The van der Waals surface area contributed by atoms with Gasteiger partial charge in [-0.15, -0.1) is 0 Å². The molecule has 3 nitrogen and oxygen atoms in total. The maximum atomic E-state index is 11.9. The van der Waals surface area contributed by atoms with Gasteiger partial charge in [0.25, 0.3) is 0 Å².